The van der Waals surface area contributed by atoms with Gasteiger partial charge in [-0.05, 0) is 19.2 Å². The second-order valence-electron chi connectivity index (χ2n) is 5.39. The number of rotatable bonds is 2. The quantitative estimate of drug-likeness (QED) is 0.805. The summed E-state index contributed by atoms with van der Waals surface area (Å²) in [4.78, 5) is 16.5. The highest BCUT2D eigenvalue weighted by atomic mass is 16.5. The average molecular weight is 260 g/mol. The molecule has 1 atom stereocenters. The summed E-state index contributed by atoms with van der Waals surface area (Å²) in [5, 5.41) is 0. The highest BCUT2D eigenvalue weighted by Crippen LogP contribution is 2.27. The topological polar surface area (TPSA) is 32.8 Å². The maximum Gasteiger partial charge on any atom is 0.166 e. The minimum atomic E-state index is 0.236. The Morgan fingerprint density at radius 2 is 2.16 bits per heavy atom. The van der Waals surface area contributed by atoms with Gasteiger partial charge in [0.15, 0.2) is 5.78 Å². The van der Waals surface area contributed by atoms with Crippen LogP contribution in [-0.4, -0.2) is 56.6 Å². The van der Waals surface area contributed by atoms with Crippen molar-refractivity contribution in [2.24, 2.45) is 0 Å². The van der Waals surface area contributed by atoms with Crippen LogP contribution < -0.4 is 4.90 Å². The summed E-state index contributed by atoms with van der Waals surface area (Å²) in [6, 6.07) is 7.90. The van der Waals surface area contributed by atoms with E-state index in [1.807, 2.05) is 24.3 Å². The molecule has 1 saturated heterocycles. The number of anilines is 1. The van der Waals surface area contributed by atoms with Gasteiger partial charge in [0, 0.05) is 43.9 Å². The van der Waals surface area contributed by atoms with E-state index in [-0.39, 0.29) is 11.9 Å². The van der Waals surface area contributed by atoms with E-state index in [2.05, 4.69) is 16.8 Å². The number of carbonyl (C=O) groups excluding carboxylic acids is 1. The Morgan fingerprint density at radius 1 is 1.32 bits per heavy atom. The van der Waals surface area contributed by atoms with E-state index in [0.29, 0.717) is 6.42 Å². The average Bonchev–Trinajstić information content (AvgIpc) is 2.42. The molecule has 4 nitrogen and oxygen atoms in total. The Bertz CT molecular complexity index is 475. The normalized spacial score (nSPS) is 24.4. The highest BCUT2D eigenvalue weighted by molar-refractivity contribution is 6.03. The molecular formula is C15H20N2O2. The molecule has 2 heterocycles. The number of benzene rings is 1. The van der Waals surface area contributed by atoms with Gasteiger partial charge in [-0.2, -0.15) is 0 Å². The van der Waals surface area contributed by atoms with Gasteiger partial charge in [-0.1, -0.05) is 12.1 Å². The lowest BCUT2D eigenvalue weighted by molar-refractivity contribution is -0.0148. The molecular weight excluding hydrogens is 240 g/mol. The molecule has 1 unspecified atom stereocenters. The van der Waals surface area contributed by atoms with E-state index in [9.17, 15) is 4.79 Å². The summed E-state index contributed by atoms with van der Waals surface area (Å²) < 4.78 is 5.82. The Hall–Kier alpha value is -1.39. The van der Waals surface area contributed by atoms with Crippen LogP contribution >= 0.6 is 0 Å². The van der Waals surface area contributed by atoms with Crippen LogP contribution in [0.15, 0.2) is 24.3 Å². The van der Waals surface area contributed by atoms with Gasteiger partial charge in [-0.3, -0.25) is 4.79 Å². The molecule has 0 amide bonds. The maximum absolute atomic E-state index is 11.9. The van der Waals surface area contributed by atoms with Crippen LogP contribution in [0.5, 0.6) is 0 Å². The molecule has 1 fully saturated rings. The second-order valence-corrected chi connectivity index (χ2v) is 5.39. The van der Waals surface area contributed by atoms with Crippen LogP contribution in [0, 0.1) is 0 Å². The van der Waals surface area contributed by atoms with E-state index < -0.39 is 0 Å². The molecule has 1 aromatic rings. The SMILES string of the molecule is CN1CCOC(CN2CCC(=O)c3ccccc32)C1. The van der Waals surface area contributed by atoms with Crippen molar-refractivity contribution in [2.75, 3.05) is 44.7 Å². The Labute approximate surface area is 113 Å². The van der Waals surface area contributed by atoms with Crippen molar-refractivity contribution in [3.63, 3.8) is 0 Å². The number of ketones is 1. The third-order valence-corrected chi connectivity index (χ3v) is 3.92. The van der Waals surface area contributed by atoms with Gasteiger partial charge in [-0.15, -0.1) is 0 Å². The number of morpholine rings is 1. The summed E-state index contributed by atoms with van der Waals surface area (Å²) in [6.45, 7) is 4.45. The lowest BCUT2D eigenvalue weighted by Crippen LogP contribution is -2.47. The standard InChI is InChI=1S/C15H20N2O2/c1-16-8-9-19-12(10-16)11-17-7-6-15(18)13-4-2-3-5-14(13)17/h2-5,12H,6-11H2,1H3. The molecule has 102 valence electrons. The fourth-order valence-electron chi connectivity index (χ4n) is 2.89. The largest absolute Gasteiger partial charge is 0.374 e. The van der Waals surface area contributed by atoms with Gasteiger partial charge in [0.1, 0.15) is 0 Å². The molecule has 0 radical (unpaired) electrons. The molecule has 0 N–H and O–H groups in total. The van der Waals surface area contributed by atoms with Crippen molar-refractivity contribution in [1.29, 1.82) is 0 Å². The summed E-state index contributed by atoms with van der Waals surface area (Å²) in [7, 11) is 2.13. The molecule has 1 aromatic carbocycles. The summed E-state index contributed by atoms with van der Waals surface area (Å²) >= 11 is 0. The first-order chi connectivity index (χ1) is 9.24. The third-order valence-electron chi connectivity index (χ3n) is 3.92. The predicted molar refractivity (Wildman–Crippen MR) is 74.8 cm³/mol. The fraction of sp³-hybridized carbons (Fsp3) is 0.533. The number of hydrogen-bond acceptors (Lipinski definition) is 4. The highest BCUT2D eigenvalue weighted by Gasteiger charge is 2.26. The van der Waals surface area contributed by atoms with Crippen molar-refractivity contribution in [3.05, 3.63) is 29.8 Å². The Balaban J connectivity index is 1.75. The summed E-state index contributed by atoms with van der Waals surface area (Å²) in [5.41, 5.74) is 1.92. The van der Waals surface area contributed by atoms with E-state index in [1.165, 1.54) is 0 Å². The molecule has 2 aliphatic rings. The van der Waals surface area contributed by atoms with Crippen LogP contribution in [0.25, 0.3) is 0 Å². The van der Waals surface area contributed by atoms with Crippen LogP contribution in [0.4, 0.5) is 5.69 Å². The summed E-state index contributed by atoms with van der Waals surface area (Å²) in [5.74, 6) is 0.258. The van der Waals surface area contributed by atoms with Gasteiger partial charge in [0.25, 0.3) is 0 Å². The molecule has 4 heteroatoms. The van der Waals surface area contributed by atoms with Crippen LogP contribution in [0.1, 0.15) is 16.8 Å². The van der Waals surface area contributed by atoms with Gasteiger partial charge >= 0.3 is 0 Å². The number of Topliss-reactive ketones (excluding diaryl/α,β-unsaturated/α-hetero) is 1. The van der Waals surface area contributed by atoms with E-state index >= 15 is 0 Å². The zero-order valence-electron chi connectivity index (χ0n) is 11.3. The van der Waals surface area contributed by atoms with Gasteiger partial charge < -0.3 is 14.5 Å². The van der Waals surface area contributed by atoms with Crippen LogP contribution in [0.2, 0.25) is 0 Å². The minimum absolute atomic E-state index is 0.236. The van der Waals surface area contributed by atoms with Crippen molar-refractivity contribution in [3.8, 4) is 0 Å². The van der Waals surface area contributed by atoms with Gasteiger partial charge in [-0.25, -0.2) is 0 Å². The number of carbonyl (C=O) groups is 1. The number of hydrogen-bond donors (Lipinski definition) is 0. The molecule has 0 saturated carbocycles. The first-order valence-electron chi connectivity index (χ1n) is 6.91. The molecule has 0 aromatic heterocycles. The second kappa shape index (κ2) is 5.31. The zero-order valence-corrected chi connectivity index (χ0v) is 11.3. The smallest absolute Gasteiger partial charge is 0.166 e. The monoisotopic (exact) mass is 260 g/mol. The van der Waals surface area contributed by atoms with E-state index in [4.69, 9.17) is 4.74 Å². The van der Waals surface area contributed by atoms with Crippen molar-refractivity contribution >= 4 is 11.5 Å². The number of para-hydroxylation sites is 1. The first-order valence-corrected chi connectivity index (χ1v) is 6.91. The molecule has 19 heavy (non-hydrogen) atoms. The van der Waals surface area contributed by atoms with Crippen LogP contribution in [0.3, 0.4) is 0 Å². The lowest BCUT2D eigenvalue weighted by atomic mass is 10.00. The fourth-order valence-corrected chi connectivity index (χ4v) is 2.89. The zero-order chi connectivity index (χ0) is 13.2. The number of fused-ring (bicyclic) bond motifs is 1. The van der Waals surface area contributed by atoms with E-state index in [1.54, 1.807) is 0 Å². The summed E-state index contributed by atoms with van der Waals surface area (Å²) in [6.07, 6.45) is 0.847. The Morgan fingerprint density at radius 3 is 3.00 bits per heavy atom. The minimum Gasteiger partial charge on any atom is -0.374 e. The number of nitrogens with zero attached hydrogens (tertiary/aromatic N) is 2. The van der Waals surface area contributed by atoms with Crippen molar-refractivity contribution in [1.82, 2.24) is 4.90 Å². The number of ether oxygens (including phenoxy) is 1. The third kappa shape index (κ3) is 2.65. The molecule has 2 aliphatic heterocycles. The van der Waals surface area contributed by atoms with Crippen LogP contribution in [-0.2, 0) is 4.74 Å². The molecule has 0 aliphatic carbocycles. The first kappa shape index (κ1) is 12.6. The lowest BCUT2D eigenvalue weighted by Gasteiger charge is -2.37. The maximum atomic E-state index is 11.9. The Kier molecular flexibility index (Phi) is 3.53. The molecule has 0 spiro atoms. The van der Waals surface area contributed by atoms with Crippen molar-refractivity contribution in [2.45, 2.75) is 12.5 Å². The number of likely N-dealkylation sites (N-methyl/N-ethyl adjacent to an activating group) is 1. The molecule has 0 bridgehead atoms. The predicted octanol–water partition coefficient (Wildman–Crippen LogP) is 1.41. The van der Waals surface area contributed by atoms with E-state index in [0.717, 1.165) is 44.0 Å². The molecule has 3 rings (SSSR count). The van der Waals surface area contributed by atoms with Gasteiger partial charge in [0.05, 0.1) is 12.7 Å². The van der Waals surface area contributed by atoms with Gasteiger partial charge in [0.2, 0.25) is 0 Å². The van der Waals surface area contributed by atoms with Crippen molar-refractivity contribution < 1.29 is 9.53 Å².